The van der Waals surface area contributed by atoms with Crippen molar-refractivity contribution in [3.05, 3.63) is 0 Å². The number of urea groups is 1. The van der Waals surface area contributed by atoms with Gasteiger partial charge in [-0.15, -0.1) is 0 Å². The predicted octanol–water partition coefficient (Wildman–Crippen LogP) is 1.29. The van der Waals surface area contributed by atoms with Crippen LogP contribution in [0.2, 0.25) is 0 Å². The van der Waals surface area contributed by atoms with Gasteiger partial charge in [0.05, 0.1) is 0 Å². The Hall–Kier alpha value is -0.910. The standard InChI is InChI=1S/C11H20N2O3S/c1-7(8-3-4-8)12-11(16)13-9(10(14)15)5-6-17-2/h7-9H,3-6H2,1-2H3,(H,14,15)(H2,12,13,16)/t7?,9-/m1/s1. The summed E-state index contributed by atoms with van der Waals surface area (Å²) in [5.74, 6) is 0.304. The lowest BCUT2D eigenvalue weighted by Gasteiger charge is -2.17. The first-order valence-corrected chi connectivity index (χ1v) is 7.22. The Bertz CT molecular complexity index is 282. The van der Waals surface area contributed by atoms with Gasteiger partial charge in [-0.3, -0.25) is 0 Å². The molecular formula is C11H20N2O3S. The molecule has 3 N–H and O–H groups in total. The molecule has 2 atom stereocenters. The van der Waals surface area contributed by atoms with E-state index < -0.39 is 12.0 Å². The second kappa shape index (κ2) is 6.74. The minimum atomic E-state index is -0.978. The molecule has 0 aromatic rings. The summed E-state index contributed by atoms with van der Waals surface area (Å²) in [6, 6.07) is -1.04. The molecule has 0 aromatic carbocycles. The normalized spacial score (nSPS) is 18.2. The van der Waals surface area contributed by atoms with Gasteiger partial charge in [0.2, 0.25) is 0 Å². The van der Waals surface area contributed by atoms with E-state index in [1.807, 2.05) is 13.2 Å². The molecule has 1 rings (SSSR count). The molecule has 0 spiro atoms. The number of aliphatic carboxylic acids is 1. The lowest BCUT2D eigenvalue weighted by atomic mass is 10.2. The Morgan fingerprint density at radius 1 is 1.41 bits per heavy atom. The molecule has 0 aliphatic heterocycles. The summed E-state index contributed by atoms with van der Waals surface area (Å²) >= 11 is 1.57. The lowest BCUT2D eigenvalue weighted by molar-refractivity contribution is -0.139. The number of carboxylic acids is 1. The molecule has 2 amide bonds. The van der Waals surface area contributed by atoms with Gasteiger partial charge < -0.3 is 15.7 Å². The molecule has 0 radical (unpaired) electrons. The predicted molar refractivity (Wildman–Crippen MR) is 68.3 cm³/mol. The Balaban J connectivity index is 2.31. The number of carboxylic acid groups (broad SMARTS) is 1. The molecule has 0 saturated heterocycles. The van der Waals surface area contributed by atoms with E-state index in [2.05, 4.69) is 10.6 Å². The van der Waals surface area contributed by atoms with Crippen LogP contribution in [0.4, 0.5) is 4.79 Å². The zero-order valence-electron chi connectivity index (χ0n) is 10.2. The van der Waals surface area contributed by atoms with Crippen LogP contribution in [0.5, 0.6) is 0 Å². The number of carbonyl (C=O) groups excluding carboxylic acids is 1. The summed E-state index contributed by atoms with van der Waals surface area (Å²) in [6.07, 6.45) is 4.66. The van der Waals surface area contributed by atoms with Gasteiger partial charge in [0.25, 0.3) is 0 Å². The molecule has 1 fully saturated rings. The second-order valence-electron chi connectivity index (χ2n) is 4.42. The SMILES string of the molecule is CSCC[C@@H](NC(=O)NC(C)C1CC1)C(=O)O. The molecule has 0 bridgehead atoms. The summed E-state index contributed by atoms with van der Waals surface area (Å²) in [4.78, 5) is 22.5. The molecule has 6 heteroatoms. The quantitative estimate of drug-likeness (QED) is 0.644. The van der Waals surface area contributed by atoms with Gasteiger partial charge in [-0.05, 0) is 44.1 Å². The summed E-state index contributed by atoms with van der Waals surface area (Å²) < 4.78 is 0. The summed E-state index contributed by atoms with van der Waals surface area (Å²) in [5.41, 5.74) is 0. The number of carbonyl (C=O) groups is 2. The van der Waals surface area contributed by atoms with E-state index in [4.69, 9.17) is 5.11 Å². The minimum Gasteiger partial charge on any atom is -0.480 e. The maximum absolute atomic E-state index is 11.6. The third-order valence-corrected chi connectivity index (χ3v) is 3.55. The zero-order valence-corrected chi connectivity index (χ0v) is 11.0. The van der Waals surface area contributed by atoms with Gasteiger partial charge >= 0.3 is 12.0 Å². The third kappa shape index (κ3) is 5.30. The maximum atomic E-state index is 11.6. The second-order valence-corrected chi connectivity index (χ2v) is 5.40. The van der Waals surface area contributed by atoms with Crippen LogP contribution in [0.1, 0.15) is 26.2 Å². The van der Waals surface area contributed by atoms with Crippen LogP contribution < -0.4 is 10.6 Å². The van der Waals surface area contributed by atoms with Crippen LogP contribution in [0.3, 0.4) is 0 Å². The number of rotatable bonds is 7. The van der Waals surface area contributed by atoms with Crippen molar-refractivity contribution in [2.45, 2.75) is 38.3 Å². The van der Waals surface area contributed by atoms with Crippen LogP contribution in [0.15, 0.2) is 0 Å². The fraction of sp³-hybridized carbons (Fsp3) is 0.818. The Labute approximate surface area is 106 Å². The molecule has 17 heavy (non-hydrogen) atoms. The lowest BCUT2D eigenvalue weighted by Crippen LogP contribution is -2.49. The van der Waals surface area contributed by atoms with E-state index in [0.29, 0.717) is 12.3 Å². The highest BCUT2D eigenvalue weighted by molar-refractivity contribution is 7.98. The number of hydrogen-bond acceptors (Lipinski definition) is 3. The van der Waals surface area contributed by atoms with Crippen molar-refractivity contribution in [1.29, 1.82) is 0 Å². The highest BCUT2D eigenvalue weighted by Crippen LogP contribution is 2.32. The van der Waals surface area contributed by atoms with Crippen LogP contribution in [0.25, 0.3) is 0 Å². The average molecular weight is 260 g/mol. The van der Waals surface area contributed by atoms with E-state index in [0.717, 1.165) is 18.6 Å². The minimum absolute atomic E-state index is 0.130. The molecule has 1 saturated carbocycles. The van der Waals surface area contributed by atoms with Gasteiger partial charge in [-0.1, -0.05) is 0 Å². The topological polar surface area (TPSA) is 78.4 Å². The van der Waals surface area contributed by atoms with Crippen molar-refractivity contribution < 1.29 is 14.7 Å². The summed E-state index contributed by atoms with van der Waals surface area (Å²) in [6.45, 7) is 1.95. The van der Waals surface area contributed by atoms with Crippen molar-refractivity contribution in [3.8, 4) is 0 Å². The molecule has 1 aliphatic carbocycles. The van der Waals surface area contributed by atoms with Crippen LogP contribution in [0, 0.1) is 5.92 Å². The number of amides is 2. The van der Waals surface area contributed by atoms with E-state index in [-0.39, 0.29) is 12.1 Å². The Kier molecular flexibility index (Phi) is 5.61. The molecule has 0 aromatic heterocycles. The van der Waals surface area contributed by atoms with Crippen molar-refractivity contribution in [1.82, 2.24) is 10.6 Å². The smallest absolute Gasteiger partial charge is 0.326 e. The molecular weight excluding hydrogens is 240 g/mol. The van der Waals surface area contributed by atoms with Crippen molar-refractivity contribution in [3.63, 3.8) is 0 Å². The van der Waals surface area contributed by atoms with Crippen molar-refractivity contribution in [2.75, 3.05) is 12.0 Å². The first-order valence-electron chi connectivity index (χ1n) is 5.83. The van der Waals surface area contributed by atoms with E-state index >= 15 is 0 Å². The van der Waals surface area contributed by atoms with Gasteiger partial charge in [0.15, 0.2) is 0 Å². The van der Waals surface area contributed by atoms with E-state index in [1.54, 1.807) is 11.8 Å². The van der Waals surface area contributed by atoms with Gasteiger partial charge in [0.1, 0.15) is 6.04 Å². The van der Waals surface area contributed by atoms with Crippen molar-refractivity contribution in [2.24, 2.45) is 5.92 Å². The maximum Gasteiger partial charge on any atom is 0.326 e. The summed E-state index contributed by atoms with van der Waals surface area (Å²) in [7, 11) is 0. The Morgan fingerprint density at radius 3 is 2.53 bits per heavy atom. The Morgan fingerprint density at radius 2 is 2.06 bits per heavy atom. The number of hydrogen-bond donors (Lipinski definition) is 3. The van der Waals surface area contributed by atoms with Gasteiger partial charge in [-0.25, -0.2) is 9.59 Å². The molecule has 1 unspecified atom stereocenters. The number of thioether (sulfide) groups is 1. The largest absolute Gasteiger partial charge is 0.480 e. The van der Waals surface area contributed by atoms with Crippen LogP contribution >= 0.6 is 11.8 Å². The first kappa shape index (κ1) is 14.2. The zero-order chi connectivity index (χ0) is 12.8. The fourth-order valence-corrected chi connectivity index (χ4v) is 2.09. The third-order valence-electron chi connectivity index (χ3n) is 2.90. The van der Waals surface area contributed by atoms with Crippen molar-refractivity contribution >= 4 is 23.8 Å². The van der Waals surface area contributed by atoms with Crippen LogP contribution in [-0.4, -0.2) is 41.2 Å². The molecule has 98 valence electrons. The highest BCUT2D eigenvalue weighted by Gasteiger charge is 2.29. The van der Waals surface area contributed by atoms with Gasteiger partial charge in [-0.2, -0.15) is 11.8 Å². The monoisotopic (exact) mass is 260 g/mol. The highest BCUT2D eigenvalue weighted by atomic mass is 32.2. The molecule has 5 nitrogen and oxygen atoms in total. The summed E-state index contributed by atoms with van der Waals surface area (Å²) in [5, 5.41) is 14.2. The average Bonchev–Trinajstić information content (AvgIpc) is 3.07. The first-order chi connectivity index (χ1) is 8.04. The van der Waals surface area contributed by atoms with Crippen LogP contribution in [-0.2, 0) is 4.79 Å². The van der Waals surface area contributed by atoms with E-state index in [9.17, 15) is 9.59 Å². The van der Waals surface area contributed by atoms with E-state index in [1.165, 1.54) is 0 Å². The van der Waals surface area contributed by atoms with Gasteiger partial charge in [0, 0.05) is 6.04 Å². The fourth-order valence-electron chi connectivity index (χ4n) is 1.61. The number of nitrogens with one attached hydrogen (secondary N) is 2. The molecule has 0 heterocycles. The molecule has 1 aliphatic rings.